The fourth-order valence-electron chi connectivity index (χ4n) is 2.72. The van der Waals surface area contributed by atoms with Gasteiger partial charge < -0.3 is 8.94 Å². The fraction of sp³-hybridized carbons (Fsp3) is 0.111. The molecule has 0 fully saturated rings. The Morgan fingerprint density at radius 1 is 1.04 bits per heavy atom. The van der Waals surface area contributed by atoms with E-state index < -0.39 is 0 Å². The standard InChI is InChI=1S/C18H13N3O3/c1-10-16(11(2)24-21-10)17-18-12(6-8-20-17)14(22)9-15(23-18)13-5-3-4-7-19-13/h3-9H,1-2H3. The van der Waals surface area contributed by atoms with Crippen LogP contribution in [0.5, 0.6) is 0 Å². The van der Waals surface area contributed by atoms with E-state index in [1.165, 1.54) is 6.07 Å². The Labute approximate surface area is 136 Å². The number of aryl methyl sites for hydroxylation is 2. The molecular formula is C18H13N3O3. The molecule has 0 aliphatic carbocycles. The minimum atomic E-state index is -0.146. The average Bonchev–Trinajstić information content (AvgIpc) is 2.94. The van der Waals surface area contributed by atoms with Crippen LogP contribution in [0.4, 0.5) is 0 Å². The number of hydrogen-bond acceptors (Lipinski definition) is 6. The second-order valence-corrected chi connectivity index (χ2v) is 5.43. The monoisotopic (exact) mass is 319 g/mol. The number of fused-ring (bicyclic) bond motifs is 1. The summed E-state index contributed by atoms with van der Waals surface area (Å²) >= 11 is 0. The smallest absolute Gasteiger partial charge is 0.193 e. The quantitative estimate of drug-likeness (QED) is 0.562. The maximum Gasteiger partial charge on any atom is 0.193 e. The minimum absolute atomic E-state index is 0.146. The summed E-state index contributed by atoms with van der Waals surface area (Å²) in [7, 11) is 0. The van der Waals surface area contributed by atoms with Crippen LogP contribution in [-0.4, -0.2) is 15.1 Å². The molecular weight excluding hydrogens is 306 g/mol. The van der Waals surface area contributed by atoms with Crippen molar-refractivity contribution in [3.05, 3.63) is 64.4 Å². The van der Waals surface area contributed by atoms with Gasteiger partial charge >= 0.3 is 0 Å². The lowest BCUT2D eigenvalue weighted by molar-refractivity contribution is 0.393. The summed E-state index contributed by atoms with van der Waals surface area (Å²) in [6.07, 6.45) is 3.24. The zero-order chi connectivity index (χ0) is 16.7. The van der Waals surface area contributed by atoms with Gasteiger partial charge in [0.05, 0.1) is 16.6 Å². The van der Waals surface area contributed by atoms with Crippen LogP contribution in [0.15, 0.2) is 56.5 Å². The molecule has 0 saturated carbocycles. The summed E-state index contributed by atoms with van der Waals surface area (Å²) in [5, 5.41) is 4.41. The van der Waals surface area contributed by atoms with E-state index in [1.807, 2.05) is 13.0 Å². The lowest BCUT2D eigenvalue weighted by Crippen LogP contribution is -2.03. The maximum atomic E-state index is 12.5. The van der Waals surface area contributed by atoms with Gasteiger partial charge in [-0.05, 0) is 32.0 Å². The molecule has 0 N–H and O–H groups in total. The topological polar surface area (TPSA) is 82.0 Å². The molecule has 0 spiro atoms. The van der Waals surface area contributed by atoms with Crippen molar-refractivity contribution in [1.82, 2.24) is 15.1 Å². The SMILES string of the molecule is Cc1noc(C)c1-c1nccc2c(=O)cc(-c3ccccn3)oc12. The zero-order valence-corrected chi connectivity index (χ0v) is 13.1. The van der Waals surface area contributed by atoms with E-state index in [0.717, 1.165) is 5.56 Å². The summed E-state index contributed by atoms with van der Waals surface area (Å²) in [6.45, 7) is 3.63. The number of pyridine rings is 2. The van der Waals surface area contributed by atoms with Crippen molar-refractivity contribution in [3.8, 4) is 22.7 Å². The highest BCUT2D eigenvalue weighted by molar-refractivity contribution is 5.91. The number of aromatic nitrogens is 3. The molecule has 6 heteroatoms. The molecule has 0 aromatic carbocycles. The summed E-state index contributed by atoms with van der Waals surface area (Å²) in [6, 6.07) is 8.52. The van der Waals surface area contributed by atoms with Gasteiger partial charge in [0.1, 0.15) is 17.1 Å². The zero-order valence-electron chi connectivity index (χ0n) is 13.1. The molecule has 0 radical (unpaired) electrons. The van der Waals surface area contributed by atoms with Crippen LogP contribution >= 0.6 is 0 Å². The Balaban J connectivity index is 2.06. The van der Waals surface area contributed by atoms with Crippen LogP contribution in [0.2, 0.25) is 0 Å². The third kappa shape index (κ3) is 2.20. The van der Waals surface area contributed by atoms with E-state index in [0.29, 0.717) is 39.6 Å². The summed E-state index contributed by atoms with van der Waals surface area (Å²) < 4.78 is 11.2. The van der Waals surface area contributed by atoms with Gasteiger partial charge in [0, 0.05) is 18.5 Å². The molecule has 118 valence electrons. The molecule has 24 heavy (non-hydrogen) atoms. The maximum absolute atomic E-state index is 12.5. The third-order valence-electron chi connectivity index (χ3n) is 3.83. The Morgan fingerprint density at radius 2 is 1.92 bits per heavy atom. The number of hydrogen-bond donors (Lipinski definition) is 0. The first-order valence-corrected chi connectivity index (χ1v) is 7.42. The Morgan fingerprint density at radius 3 is 2.62 bits per heavy atom. The molecule has 0 atom stereocenters. The van der Waals surface area contributed by atoms with Crippen LogP contribution < -0.4 is 5.43 Å². The molecule has 0 unspecified atom stereocenters. The van der Waals surface area contributed by atoms with Crippen molar-refractivity contribution in [2.24, 2.45) is 0 Å². The lowest BCUT2D eigenvalue weighted by atomic mass is 10.1. The molecule has 4 heterocycles. The van der Waals surface area contributed by atoms with E-state index in [1.54, 1.807) is 37.5 Å². The van der Waals surface area contributed by atoms with Crippen molar-refractivity contribution >= 4 is 11.0 Å². The molecule has 0 aliphatic rings. The molecule has 4 rings (SSSR count). The van der Waals surface area contributed by atoms with Gasteiger partial charge in [0.25, 0.3) is 0 Å². The van der Waals surface area contributed by atoms with Gasteiger partial charge in [-0.25, -0.2) is 0 Å². The van der Waals surface area contributed by atoms with Crippen molar-refractivity contribution in [3.63, 3.8) is 0 Å². The molecule has 0 saturated heterocycles. The first-order valence-electron chi connectivity index (χ1n) is 7.42. The summed E-state index contributed by atoms with van der Waals surface area (Å²) in [5.74, 6) is 1.02. The molecule has 4 aromatic rings. The highest BCUT2D eigenvalue weighted by Gasteiger charge is 2.19. The van der Waals surface area contributed by atoms with Crippen molar-refractivity contribution in [2.45, 2.75) is 13.8 Å². The van der Waals surface area contributed by atoms with Crippen LogP contribution in [0.1, 0.15) is 11.5 Å². The number of nitrogens with zero attached hydrogens (tertiary/aromatic N) is 3. The molecule has 0 bridgehead atoms. The van der Waals surface area contributed by atoms with Crippen LogP contribution in [0.25, 0.3) is 33.7 Å². The van der Waals surface area contributed by atoms with E-state index in [4.69, 9.17) is 8.94 Å². The van der Waals surface area contributed by atoms with Crippen molar-refractivity contribution in [1.29, 1.82) is 0 Å². The van der Waals surface area contributed by atoms with E-state index in [-0.39, 0.29) is 5.43 Å². The lowest BCUT2D eigenvalue weighted by Gasteiger charge is -2.06. The van der Waals surface area contributed by atoms with Crippen LogP contribution in [-0.2, 0) is 0 Å². The summed E-state index contributed by atoms with van der Waals surface area (Å²) in [5.41, 5.74) is 2.82. The highest BCUT2D eigenvalue weighted by Crippen LogP contribution is 2.32. The Kier molecular flexibility index (Phi) is 3.23. The first kappa shape index (κ1) is 14.3. The molecule has 6 nitrogen and oxygen atoms in total. The van der Waals surface area contributed by atoms with Crippen LogP contribution in [0, 0.1) is 13.8 Å². The van der Waals surface area contributed by atoms with E-state index >= 15 is 0 Å². The van der Waals surface area contributed by atoms with Gasteiger partial charge in [-0.1, -0.05) is 11.2 Å². The van der Waals surface area contributed by atoms with Gasteiger partial charge in [0.2, 0.25) is 0 Å². The third-order valence-corrected chi connectivity index (χ3v) is 3.83. The normalized spacial score (nSPS) is 11.1. The second-order valence-electron chi connectivity index (χ2n) is 5.43. The van der Waals surface area contributed by atoms with E-state index in [2.05, 4.69) is 15.1 Å². The Bertz CT molecular complexity index is 1080. The predicted molar refractivity (Wildman–Crippen MR) is 88.5 cm³/mol. The van der Waals surface area contributed by atoms with Gasteiger partial charge in [0.15, 0.2) is 16.8 Å². The molecule has 0 amide bonds. The molecule has 4 aromatic heterocycles. The van der Waals surface area contributed by atoms with E-state index in [9.17, 15) is 4.79 Å². The Hall–Kier alpha value is -3.28. The largest absolute Gasteiger partial charge is 0.452 e. The molecule has 0 aliphatic heterocycles. The van der Waals surface area contributed by atoms with Gasteiger partial charge in [-0.2, -0.15) is 0 Å². The highest BCUT2D eigenvalue weighted by atomic mass is 16.5. The average molecular weight is 319 g/mol. The number of rotatable bonds is 2. The van der Waals surface area contributed by atoms with Crippen LogP contribution in [0.3, 0.4) is 0 Å². The fourth-order valence-corrected chi connectivity index (χ4v) is 2.72. The predicted octanol–water partition coefficient (Wildman–Crippen LogP) is 3.52. The van der Waals surface area contributed by atoms with Crippen molar-refractivity contribution < 1.29 is 8.94 Å². The van der Waals surface area contributed by atoms with Crippen molar-refractivity contribution in [2.75, 3.05) is 0 Å². The van der Waals surface area contributed by atoms with Gasteiger partial charge in [-0.15, -0.1) is 0 Å². The van der Waals surface area contributed by atoms with Gasteiger partial charge in [-0.3, -0.25) is 14.8 Å². The summed E-state index contributed by atoms with van der Waals surface area (Å²) in [4.78, 5) is 21.1. The first-order chi connectivity index (χ1) is 11.6. The minimum Gasteiger partial charge on any atom is -0.452 e. The second kappa shape index (κ2) is 5.42.